The number of amides is 9. The van der Waals surface area contributed by atoms with Gasteiger partial charge in [0.2, 0.25) is 53.2 Å². The van der Waals surface area contributed by atoms with E-state index in [1.165, 1.54) is 20.8 Å². The van der Waals surface area contributed by atoms with Gasteiger partial charge in [0.05, 0.1) is 12.1 Å². The van der Waals surface area contributed by atoms with Crippen LogP contribution in [0.2, 0.25) is 0 Å². The zero-order valence-corrected chi connectivity index (χ0v) is 40.5. The molecule has 68 heavy (non-hydrogen) atoms. The van der Waals surface area contributed by atoms with Gasteiger partial charge in [0, 0.05) is 13.0 Å². The quantitative estimate of drug-likeness (QED) is 0.0167. The highest BCUT2D eigenvalue weighted by Gasteiger charge is 2.34. The Morgan fingerprint density at radius 1 is 0.500 bits per heavy atom. The van der Waals surface area contributed by atoms with Crippen molar-refractivity contribution in [3.05, 3.63) is 0 Å². The van der Waals surface area contributed by atoms with Gasteiger partial charge >= 0.3 is 5.97 Å². The van der Waals surface area contributed by atoms with Gasteiger partial charge in [-0.2, -0.15) is 0 Å². The monoisotopic (exact) mass is 971 g/mol. The number of guanidine groups is 1. The number of carbonyl (C=O) groups is 10. The molecule has 0 unspecified atom stereocenters. The number of aliphatic carboxylic acids is 1. The normalized spacial score (nSPS) is 15.5. The third kappa shape index (κ3) is 25.1. The second-order valence-corrected chi connectivity index (χ2v) is 17.6. The zero-order valence-electron chi connectivity index (χ0n) is 40.5. The molecule has 0 spiro atoms. The van der Waals surface area contributed by atoms with Gasteiger partial charge in [-0.3, -0.25) is 48.1 Å². The van der Waals surface area contributed by atoms with Crippen LogP contribution in [-0.2, 0) is 47.9 Å². The van der Waals surface area contributed by atoms with Crippen molar-refractivity contribution in [3.63, 3.8) is 0 Å². The highest BCUT2D eigenvalue weighted by molar-refractivity contribution is 5.98. The Morgan fingerprint density at radius 2 is 0.897 bits per heavy atom. The number of unbranched alkanes of at least 4 members (excludes halogenated alkanes) is 1. The third-order valence-corrected chi connectivity index (χ3v) is 10.2. The molecule has 10 atom stereocenters. The van der Waals surface area contributed by atoms with E-state index in [-0.39, 0.29) is 69.4 Å². The van der Waals surface area contributed by atoms with Gasteiger partial charge in [0.15, 0.2) is 12.0 Å². The molecule has 0 aromatic carbocycles. The standard InChI is InChI=1S/C42H78N14O12/c1-20(2)18-29(55-36(62)26(44)12-11-17-48-42(46)47)39(65)51-23(6)34(60)54-30(19-21(3)4)40(66)53-27(13-9-10-16-43)37(63)49-22(5)33(59)52-28(14-15-31(45)58)38(64)50-24(7)35(61)56-32(25(8)57)41(67)68/h20-30,32,57H,9-19,43-44H2,1-8H3,(H2,45,58)(H,49,63)(H,50,64)(H,51,65)(H,52,59)(H,53,66)(H,54,60)(H,55,62)(H,56,61)(H,67,68)(H4,46,47,48)/t22-,23-,24-,25+,26-,27-,28-,29-,30-,32-/m0/s1. The largest absolute Gasteiger partial charge is 0.480 e. The maximum absolute atomic E-state index is 13.8. The second-order valence-electron chi connectivity index (χ2n) is 17.6. The Kier molecular flexibility index (Phi) is 28.9. The summed E-state index contributed by atoms with van der Waals surface area (Å²) < 4.78 is 0. The molecule has 0 heterocycles. The van der Waals surface area contributed by atoms with E-state index in [1.54, 1.807) is 13.8 Å². The van der Waals surface area contributed by atoms with Crippen molar-refractivity contribution in [2.24, 2.45) is 45.5 Å². The number of nitrogens with two attached hydrogens (primary N) is 5. The molecule has 26 nitrogen and oxygen atoms in total. The molecule has 0 aliphatic rings. The Labute approximate surface area is 397 Å². The number of aliphatic imine (C=N–C) groups is 1. The molecule has 0 aromatic rings. The Morgan fingerprint density at radius 3 is 1.31 bits per heavy atom. The van der Waals surface area contributed by atoms with Crippen LogP contribution in [0.15, 0.2) is 4.99 Å². The van der Waals surface area contributed by atoms with Crippen LogP contribution >= 0.6 is 0 Å². The first-order valence-electron chi connectivity index (χ1n) is 22.7. The molecule has 0 bridgehead atoms. The smallest absolute Gasteiger partial charge is 0.328 e. The molecule has 0 saturated heterocycles. The molecule has 0 aliphatic carbocycles. The van der Waals surface area contributed by atoms with Crippen LogP contribution in [0.25, 0.3) is 0 Å². The van der Waals surface area contributed by atoms with E-state index in [1.807, 2.05) is 13.8 Å². The summed E-state index contributed by atoms with van der Waals surface area (Å²) in [5, 5.41) is 38.8. The lowest BCUT2D eigenvalue weighted by Gasteiger charge is -2.27. The van der Waals surface area contributed by atoms with Gasteiger partial charge in [-0.15, -0.1) is 0 Å². The van der Waals surface area contributed by atoms with Gasteiger partial charge in [-0.25, -0.2) is 4.79 Å². The summed E-state index contributed by atoms with van der Waals surface area (Å²) in [6.45, 7) is 12.8. The van der Waals surface area contributed by atoms with E-state index in [0.29, 0.717) is 19.3 Å². The molecule has 26 heteroatoms. The van der Waals surface area contributed by atoms with Crippen molar-refractivity contribution < 1.29 is 58.2 Å². The fourth-order valence-electron chi connectivity index (χ4n) is 6.32. The van der Waals surface area contributed by atoms with Crippen LogP contribution in [0.1, 0.15) is 113 Å². The summed E-state index contributed by atoms with van der Waals surface area (Å²) in [5.41, 5.74) is 27.6. The molecular weight excluding hydrogens is 893 g/mol. The fraction of sp³-hybridized carbons (Fsp3) is 0.738. The second kappa shape index (κ2) is 31.8. The lowest BCUT2D eigenvalue weighted by molar-refractivity contribution is -0.145. The minimum atomic E-state index is -1.69. The molecule has 388 valence electrons. The summed E-state index contributed by atoms with van der Waals surface area (Å²) >= 11 is 0. The van der Waals surface area contributed by atoms with Crippen LogP contribution < -0.4 is 71.2 Å². The van der Waals surface area contributed by atoms with E-state index in [0.717, 1.165) is 6.92 Å². The SMILES string of the molecule is CC(C)C[C@H](NC(=O)[C@H](C)NC(=O)[C@H](CC(C)C)NC(=O)[C@@H](N)CCCN=C(N)N)C(=O)N[C@@H](CCCCN)C(=O)N[C@@H](C)C(=O)N[C@@H](CCC(N)=O)C(=O)N[C@@H](C)C(=O)N[C@H](C(=O)O)[C@@H](C)O. The molecular formula is C42H78N14O12. The van der Waals surface area contributed by atoms with Gasteiger partial charge in [0.1, 0.15) is 42.3 Å². The van der Waals surface area contributed by atoms with Gasteiger partial charge < -0.3 is 81.4 Å². The van der Waals surface area contributed by atoms with Crippen molar-refractivity contribution in [1.82, 2.24) is 42.5 Å². The van der Waals surface area contributed by atoms with Crippen LogP contribution in [0, 0.1) is 11.8 Å². The molecule has 0 aliphatic heterocycles. The predicted octanol–water partition coefficient (Wildman–Crippen LogP) is -4.74. The Balaban J connectivity index is 6.04. The Hall–Kier alpha value is -6.15. The van der Waals surface area contributed by atoms with E-state index in [9.17, 15) is 58.2 Å². The number of hydrogen-bond acceptors (Lipinski definition) is 14. The highest BCUT2D eigenvalue weighted by Crippen LogP contribution is 2.11. The lowest BCUT2D eigenvalue weighted by atomic mass is 10.0. The molecule has 20 N–H and O–H groups in total. The fourth-order valence-corrected chi connectivity index (χ4v) is 6.32. The minimum absolute atomic E-state index is 0.0487. The van der Waals surface area contributed by atoms with Crippen LogP contribution in [-0.4, -0.2) is 149 Å². The van der Waals surface area contributed by atoms with Crippen molar-refractivity contribution in [3.8, 4) is 0 Å². The number of rotatable bonds is 33. The first-order chi connectivity index (χ1) is 31.6. The molecule has 0 aromatic heterocycles. The number of carboxylic acid groups (broad SMARTS) is 1. The molecule has 0 rings (SSSR count). The number of carboxylic acids is 1. The summed E-state index contributed by atoms with van der Waals surface area (Å²) in [6.07, 6.45) is -0.335. The first kappa shape index (κ1) is 61.8. The van der Waals surface area contributed by atoms with Crippen LogP contribution in [0.3, 0.4) is 0 Å². The molecule has 0 saturated carbocycles. The summed E-state index contributed by atoms with van der Waals surface area (Å²) in [4.78, 5) is 133. The molecule has 0 fully saturated rings. The number of hydrogen-bond donors (Lipinski definition) is 15. The summed E-state index contributed by atoms with van der Waals surface area (Å²) in [5.74, 6) is -9.05. The number of aliphatic hydroxyl groups excluding tert-OH is 1. The Bertz CT molecular complexity index is 1740. The van der Waals surface area contributed by atoms with E-state index < -0.39 is 120 Å². The lowest BCUT2D eigenvalue weighted by Crippen LogP contribution is -2.60. The highest BCUT2D eigenvalue weighted by atomic mass is 16.4. The van der Waals surface area contributed by atoms with Crippen molar-refractivity contribution >= 4 is 65.1 Å². The average Bonchev–Trinajstić information content (AvgIpc) is 3.23. The number of primary amides is 1. The number of nitrogens with one attached hydrogen (secondary N) is 8. The molecule has 0 radical (unpaired) electrons. The van der Waals surface area contributed by atoms with E-state index >= 15 is 0 Å². The third-order valence-electron chi connectivity index (χ3n) is 10.2. The summed E-state index contributed by atoms with van der Waals surface area (Å²) in [7, 11) is 0. The average molecular weight is 971 g/mol. The number of carbonyl (C=O) groups excluding carboxylic acids is 9. The maximum Gasteiger partial charge on any atom is 0.328 e. The first-order valence-corrected chi connectivity index (χ1v) is 22.7. The molecule has 9 amide bonds. The van der Waals surface area contributed by atoms with Gasteiger partial charge in [-0.1, -0.05) is 27.7 Å². The van der Waals surface area contributed by atoms with Crippen molar-refractivity contribution in [2.45, 2.75) is 174 Å². The van der Waals surface area contributed by atoms with E-state index in [2.05, 4.69) is 47.5 Å². The number of aliphatic hydroxyl groups is 1. The van der Waals surface area contributed by atoms with E-state index in [4.69, 9.17) is 28.7 Å². The van der Waals surface area contributed by atoms with Crippen LogP contribution in [0.4, 0.5) is 0 Å². The number of nitrogens with zero attached hydrogens (tertiary/aromatic N) is 1. The maximum atomic E-state index is 13.8. The zero-order chi connectivity index (χ0) is 52.4. The van der Waals surface area contributed by atoms with Crippen LogP contribution in [0.5, 0.6) is 0 Å². The van der Waals surface area contributed by atoms with Gasteiger partial charge in [0.25, 0.3) is 0 Å². The predicted molar refractivity (Wildman–Crippen MR) is 250 cm³/mol. The van der Waals surface area contributed by atoms with Gasteiger partial charge in [-0.05, 0) is 97.4 Å². The van der Waals surface area contributed by atoms with Crippen molar-refractivity contribution in [2.75, 3.05) is 13.1 Å². The summed E-state index contributed by atoms with van der Waals surface area (Å²) in [6, 6.07) is -11.5. The minimum Gasteiger partial charge on any atom is -0.480 e. The van der Waals surface area contributed by atoms with Crippen molar-refractivity contribution in [1.29, 1.82) is 0 Å². The topological polar surface area (TPSA) is 450 Å².